The van der Waals surface area contributed by atoms with Crippen molar-refractivity contribution < 1.29 is 32.3 Å². The lowest BCUT2D eigenvalue weighted by Crippen LogP contribution is -2.40. The second-order valence-corrected chi connectivity index (χ2v) is 7.46. The number of rotatable bonds is 7. The van der Waals surface area contributed by atoms with Gasteiger partial charge in [-0.05, 0) is 24.0 Å². The van der Waals surface area contributed by atoms with Gasteiger partial charge in [0.05, 0.1) is 18.4 Å². The molecule has 0 radical (unpaired) electrons. The van der Waals surface area contributed by atoms with Crippen LogP contribution >= 0.6 is 0 Å². The van der Waals surface area contributed by atoms with Gasteiger partial charge < -0.3 is 10.1 Å². The quantitative estimate of drug-likeness (QED) is 0.699. The Hall–Kier alpha value is -2.42. The number of benzene rings is 1. The zero-order valence-electron chi connectivity index (χ0n) is 15.8. The van der Waals surface area contributed by atoms with Crippen LogP contribution in [0.3, 0.4) is 0 Å². The summed E-state index contributed by atoms with van der Waals surface area (Å²) in [7, 11) is 0. The number of hydrogen-bond donors (Lipinski definition) is 1. The number of carbonyl (C=O) groups excluding carboxylic acids is 3. The summed E-state index contributed by atoms with van der Waals surface area (Å²) in [5.74, 6) is -1.49. The first kappa shape index (κ1) is 21.3. The number of likely N-dealkylation sites (tertiary alicyclic amines) is 1. The van der Waals surface area contributed by atoms with Gasteiger partial charge in [0.1, 0.15) is 13.2 Å². The van der Waals surface area contributed by atoms with E-state index in [9.17, 15) is 27.6 Å². The average Bonchev–Trinajstić information content (AvgIpc) is 2.92. The lowest BCUT2D eigenvalue weighted by atomic mass is 9.81. The number of nitrogens with one attached hydrogen (secondary N) is 1. The lowest BCUT2D eigenvalue weighted by Gasteiger charge is -2.19. The summed E-state index contributed by atoms with van der Waals surface area (Å²) in [4.78, 5) is 38.0. The maximum atomic E-state index is 12.4. The number of halogens is 3. The monoisotopic (exact) mass is 412 g/mol. The fourth-order valence-corrected chi connectivity index (χ4v) is 3.82. The van der Waals surface area contributed by atoms with Gasteiger partial charge in [-0.3, -0.25) is 19.3 Å². The molecule has 2 fully saturated rings. The number of hydrogen-bond acceptors (Lipinski definition) is 4. The maximum Gasteiger partial charge on any atom is 0.411 e. The Kier molecular flexibility index (Phi) is 6.56. The molecule has 1 saturated heterocycles. The topological polar surface area (TPSA) is 75.7 Å². The minimum absolute atomic E-state index is 0.159. The van der Waals surface area contributed by atoms with Gasteiger partial charge in [0, 0.05) is 6.54 Å². The third-order valence-electron chi connectivity index (χ3n) is 5.28. The Balaban J connectivity index is 1.44. The van der Waals surface area contributed by atoms with Crippen molar-refractivity contribution in [2.24, 2.45) is 11.8 Å². The second kappa shape index (κ2) is 8.94. The fraction of sp³-hybridized carbons (Fsp3) is 0.550. The van der Waals surface area contributed by atoms with E-state index in [0.29, 0.717) is 18.4 Å². The van der Waals surface area contributed by atoms with Gasteiger partial charge in [0.25, 0.3) is 0 Å². The predicted molar refractivity (Wildman–Crippen MR) is 96.2 cm³/mol. The minimum Gasteiger partial charge on any atom is -0.367 e. The van der Waals surface area contributed by atoms with E-state index in [2.05, 4.69) is 10.1 Å². The molecule has 6 nitrogen and oxygen atoms in total. The second-order valence-electron chi connectivity index (χ2n) is 7.46. The van der Waals surface area contributed by atoms with Crippen molar-refractivity contribution in [2.45, 2.75) is 45.0 Å². The summed E-state index contributed by atoms with van der Waals surface area (Å²) in [5, 5.41) is 2.67. The normalized spacial score (nSPS) is 22.0. The summed E-state index contributed by atoms with van der Waals surface area (Å²) < 4.78 is 40.8. The molecule has 3 amide bonds. The van der Waals surface area contributed by atoms with Crippen LogP contribution in [0.15, 0.2) is 24.3 Å². The van der Waals surface area contributed by atoms with Crippen LogP contribution in [0.25, 0.3) is 0 Å². The van der Waals surface area contributed by atoms with E-state index in [1.807, 2.05) is 0 Å². The van der Waals surface area contributed by atoms with E-state index in [0.717, 1.165) is 23.3 Å². The first-order valence-electron chi connectivity index (χ1n) is 9.59. The predicted octanol–water partition coefficient (Wildman–Crippen LogP) is 2.56. The highest BCUT2D eigenvalue weighted by atomic mass is 19.4. The van der Waals surface area contributed by atoms with Crippen molar-refractivity contribution in [3.63, 3.8) is 0 Å². The molecule has 0 spiro atoms. The van der Waals surface area contributed by atoms with E-state index in [-0.39, 0.29) is 43.3 Å². The van der Waals surface area contributed by atoms with Crippen LogP contribution in [-0.4, -0.2) is 41.9 Å². The third kappa shape index (κ3) is 5.56. The number of fused-ring (bicyclic) bond motifs is 1. The van der Waals surface area contributed by atoms with Crippen molar-refractivity contribution in [3.05, 3.63) is 35.4 Å². The summed E-state index contributed by atoms with van der Waals surface area (Å²) in [5.41, 5.74) is 1.32. The number of alkyl halides is 3. The van der Waals surface area contributed by atoms with E-state index in [4.69, 9.17) is 0 Å². The molecule has 9 heteroatoms. The minimum atomic E-state index is -4.36. The Morgan fingerprint density at radius 3 is 2.14 bits per heavy atom. The Morgan fingerprint density at radius 2 is 1.59 bits per heavy atom. The highest BCUT2D eigenvalue weighted by molar-refractivity contribution is 6.07. The first-order chi connectivity index (χ1) is 13.7. The van der Waals surface area contributed by atoms with Crippen LogP contribution in [0.2, 0.25) is 0 Å². The molecule has 1 heterocycles. The lowest BCUT2D eigenvalue weighted by molar-refractivity contribution is -0.176. The van der Waals surface area contributed by atoms with Crippen molar-refractivity contribution >= 4 is 17.7 Å². The van der Waals surface area contributed by atoms with Gasteiger partial charge in [-0.25, -0.2) is 0 Å². The molecule has 2 atom stereocenters. The molecular weight excluding hydrogens is 389 g/mol. The van der Waals surface area contributed by atoms with Crippen molar-refractivity contribution in [1.82, 2.24) is 10.2 Å². The van der Waals surface area contributed by atoms with Crippen molar-refractivity contribution in [2.75, 3.05) is 13.2 Å². The molecule has 158 valence electrons. The summed E-state index contributed by atoms with van der Waals surface area (Å²) >= 11 is 0. The maximum absolute atomic E-state index is 12.4. The van der Waals surface area contributed by atoms with Crippen LogP contribution in [0.5, 0.6) is 0 Å². The molecule has 1 N–H and O–H groups in total. The molecule has 2 aliphatic rings. The van der Waals surface area contributed by atoms with E-state index >= 15 is 0 Å². The fourth-order valence-electron chi connectivity index (χ4n) is 3.82. The molecule has 1 aliphatic heterocycles. The molecule has 1 aromatic carbocycles. The molecule has 0 bridgehead atoms. The molecule has 1 aromatic rings. The number of imide groups is 1. The molecule has 0 aromatic heterocycles. The van der Waals surface area contributed by atoms with Crippen molar-refractivity contribution in [1.29, 1.82) is 0 Å². The van der Waals surface area contributed by atoms with Crippen LogP contribution < -0.4 is 5.32 Å². The van der Waals surface area contributed by atoms with Crippen LogP contribution in [0.4, 0.5) is 13.2 Å². The number of ether oxygens (including phenoxy) is 1. The van der Waals surface area contributed by atoms with Crippen molar-refractivity contribution in [3.8, 4) is 0 Å². The van der Waals surface area contributed by atoms with Gasteiger partial charge in [0.2, 0.25) is 17.7 Å². The highest BCUT2D eigenvalue weighted by Gasteiger charge is 2.48. The first-order valence-corrected chi connectivity index (χ1v) is 9.59. The number of carbonyl (C=O) groups is 3. The Morgan fingerprint density at radius 1 is 1.03 bits per heavy atom. The number of nitrogens with zero attached hydrogens (tertiary/aromatic N) is 1. The number of amides is 3. The Labute approximate surface area is 166 Å². The van der Waals surface area contributed by atoms with E-state index < -0.39 is 18.7 Å². The van der Waals surface area contributed by atoms with Gasteiger partial charge in [-0.15, -0.1) is 0 Å². The van der Waals surface area contributed by atoms with Crippen LogP contribution in [-0.2, 0) is 32.3 Å². The summed E-state index contributed by atoms with van der Waals surface area (Å²) in [6, 6.07) is 6.59. The molecule has 1 saturated carbocycles. The van der Waals surface area contributed by atoms with E-state index in [1.54, 1.807) is 24.3 Å². The SMILES string of the molecule is O=C(CN1C(=O)[C@H]2CCCC[C@@H]2C1=O)NCc1ccc(COCC(F)(F)F)cc1. The standard InChI is InChI=1S/C20H23F3N2O4/c21-20(22,23)12-29-11-14-7-5-13(6-8-14)9-24-17(26)10-25-18(27)15-3-1-2-4-16(15)19(25)28/h5-8,15-16H,1-4,9-12H2,(H,24,26)/t15-,16-/m0/s1. The highest BCUT2D eigenvalue weighted by Crippen LogP contribution is 2.37. The molecular formula is C20H23F3N2O4. The largest absolute Gasteiger partial charge is 0.411 e. The smallest absolute Gasteiger partial charge is 0.367 e. The van der Waals surface area contributed by atoms with Gasteiger partial charge in [-0.1, -0.05) is 37.1 Å². The molecule has 29 heavy (non-hydrogen) atoms. The summed E-state index contributed by atoms with van der Waals surface area (Å²) in [6.45, 7) is -1.56. The molecule has 0 unspecified atom stereocenters. The third-order valence-corrected chi connectivity index (χ3v) is 5.28. The zero-order chi connectivity index (χ0) is 21.0. The van der Waals surface area contributed by atoms with Gasteiger partial charge >= 0.3 is 6.18 Å². The molecule has 3 rings (SSSR count). The zero-order valence-corrected chi connectivity index (χ0v) is 15.8. The summed E-state index contributed by atoms with van der Waals surface area (Å²) in [6.07, 6.45) is -1.10. The van der Waals surface area contributed by atoms with Crippen LogP contribution in [0.1, 0.15) is 36.8 Å². The van der Waals surface area contributed by atoms with Crippen LogP contribution in [0, 0.1) is 11.8 Å². The van der Waals surface area contributed by atoms with Gasteiger partial charge in [0.15, 0.2) is 0 Å². The van der Waals surface area contributed by atoms with E-state index in [1.165, 1.54) is 0 Å². The average molecular weight is 412 g/mol. The Bertz CT molecular complexity index is 740. The van der Waals surface area contributed by atoms with Gasteiger partial charge in [-0.2, -0.15) is 13.2 Å². The molecule has 1 aliphatic carbocycles.